The number of rotatable bonds is 5. The fraction of sp³-hybridized carbons (Fsp3) is 0.333. The smallest absolute Gasteiger partial charge is 0.148 e. The highest BCUT2D eigenvalue weighted by atomic mass is 79.9. The molecule has 0 spiro atoms. The molecule has 108 valence electrons. The maximum Gasteiger partial charge on any atom is 0.148 e. The molecule has 0 aliphatic rings. The summed E-state index contributed by atoms with van der Waals surface area (Å²) in [6, 6.07) is 7.64. The first-order valence-electron chi connectivity index (χ1n) is 6.32. The van der Waals surface area contributed by atoms with E-state index < -0.39 is 0 Å². The van der Waals surface area contributed by atoms with Crippen molar-refractivity contribution in [1.29, 1.82) is 0 Å². The van der Waals surface area contributed by atoms with Gasteiger partial charge >= 0.3 is 0 Å². The molecule has 0 saturated carbocycles. The Balaban J connectivity index is 2.27. The number of nitrogens with two attached hydrogens (primary N) is 1. The van der Waals surface area contributed by atoms with Gasteiger partial charge in [-0.15, -0.1) is 11.3 Å². The summed E-state index contributed by atoms with van der Waals surface area (Å²) in [5.74, 6) is 1.55. The topological polar surface area (TPSA) is 44.5 Å². The second-order valence-corrected chi connectivity index (χ2v) is 6.46. The van der Waals surface area contributed by atoms with Crippen LogP contribution in [0.15, 0.2) is 34.1 Å². The van der Waals surface area contributed by atoms with Crippen molar-refractivity contribution in [2.75, 3.05) is 7.11 Å². The molecule has 2 rings (SSSR count). The van der Waals surface area contributed by atoms with Gasteiger partial charge in [0.15, 0.2) is 0 Å². The normalized spacial score (nSPS) is 13.8. The molecule has 2 atom stereocenters. The minimum absolute atomic E-state index is 0.0960. The van der Waals surface area contributed by atoms with E-state index in [1.54, 1.807) is 18.4 Å². The van der Waals surface area contributed by atoms with Crippen LogP contribution in [0.3, 0.4) is 0 Å². The van der Waals surface area contributed by atoms with E-state index >= 15 is 0 Å². The third-order valence-electron chi connectivity index (χ3n) is 3.03. The fourth-order valence-electron chi connectivity index (χ4n) is 1.92. The predicted octanol–water partition coefficient (Wildman–Crippen LogP) is 4.29. The lowest BCUT2D eigenvalue weighted by Crippen LogP contribution is -2.29. The lowest BCUT2D eigenvalue weighted by molar-refractivity contribution is 0.182. The quantitative estimate of drug-likeness (QED) is 0.869. The molecule has 20 heavy (non-hydrogen) atoms. The van der Waals surface area contributed by atoms with E-state index in [9.17, 15) is 0 Å². The van der Waals surface area contributed by atoms with Crippen molar-refractivity contribution >= 4 is 27.3 Å². The first-order chi connectivity index (χ1) is 9.52. The van der Waals surface area contributed by atoms with Gasteiger partial charge in [-0.25, -0.2) is 0 Å². The Bertz CT molecular complexity index is 583. The fourth-order valence-corrected chi connectivity index (χ4v) is 3.44. The van der Waals surface area contributed by atoms with Gasteiger partial charge in [-0.2, -0.15) is 0 Å². The summed E-state index contributed by atoms with van der Waals surface area (Å²) in [5.41, 5.74) is 7.30. The van der Waals surface area contributed by atoms with Gasteiger partial charge in [0.05, 0.1) is 11.6 Å². The maximum atomic E-state index is 6.11. The minimum atomic E-state index is -0.153. The number of hydrogen-bond acceptors (Lipinski definition) is 4. The Morgan fingerprint density at radius 2 is 2.05 bits per heavy atom. The van der Waals surface area contributed by atoms with Crippen LogP contribution in [-0.2, 0) is 0 Å². The molecule has 0 bridgehead atoms. The Labute approximate surface area is 131 Å². The van der Waals surface area contributed by atoms with E-state index in [2.05, 4.69) is 34.3 Å². The lowest BCUT2D eigenvalue weighted by Gasteiger charge is -2.23. The number of benzene rings is 1. The molecule has 5 heteroatoms. The maximum absolute atomic E-state index is 6.11. The highest BCUT2D eigenvalue weighted by Gasteiger charge is 2.22. The Kier molecular flexibility index (Phi) is 5.07. The molecule has 2 aromatic rings. The Hall–Kier alpha value is -1.04. The minimum Gasteiger partial charge on any atom is -0.497 e. The van der Waals surface area contributed by atoms with Crippen LogP contribution in [0, 0.1) is 6.92 Å². The summed E-state index contributed by atoms with van der Waals surface area (Å²) >= 11 is 5.18. The third-order valence-corrected chi connectivity index (χ3v) is 4.73. The molecule has 2 N–H and O–H groups in total. The summed E-state index contributed by atoms with van der Waals surface area (Å²) in [4.78, 5) is 1.17. The molecular formula is C15H18BrNO2S. The van der Waals surface area contributed by atoms with Gasteiger partial charge in [-0.3, -0.25) is 0 Å². The van der Waals surface area contributed by atoms with Crippen LogP contribution in [0.2, 0.25) is 0 Å². The van der Waals surface area contributed by atoms with Crippen molar-refractivity contribution in [2.45, 2.75) is 26.0 Å². The van der Waals surface area contributed by atoms with Crippen LogP contribution in [0.5, 0.6) is 11.5 Å². The molecule has 0 amide bonds. The number of thiophene rings is 1. The summed E-state index contributed by atoms with van der Waals surface area (Å²) in [6.07, 6.45) is -0.153. The number of aryl methyl sites for hydroxylation is 1. The molecule has 1 aromatic carbocycles. The van der Waals surface area contributed by atoms with Crippen LogP contribution < -0.4 is 15.2 Å². The van der Waals surface area contributed by atoms with E-state index in [1.807, 2.05) is 25.1 Å². The molecule has 1 aromatic heterocycles. The van der Waals surface area contributed by atoms with Gasteiger partial charge < -0.3 is 15.2 Å². The van der Waals surface area contributed by atoms with Crippen LogP contribution in [0.25, 0.3) is 0 Å². The number of ether oxygens (including phenoxy) is 2. The van der Waals surface area contributed by atoms with E-state index in [-0.39, 0.29) is 12.1 Å². The molecule has 0 aliphatic heterocycles. The average molecular weight is 356 g/mol. The van der Waals surface area contributed by atoms with Gasteiger partial charge in [0.1, 0.15) is 17.6 Å². The number of methoxy groups -OCH3 is 1. The van der Waals surface area contributed by atoms with E-state index in [4.69, 9.17) is 15.2 Å². The summed E-state index contributed by atoms with van der Waals surface area (Å²) in [6.45, 7) is 4.04. The lowest BCUT2D eigenvalue weighted by atomic mass is 10.1. The number of halogens is 1. The highest BCUT2D eigenvalue weighted by Crippen LogP contribution is 2.35. The van der Waals surface area contributed by atoms with Crippen LogP contribution in [-0.4, -0.2) is 13.2 Å². The van der Waals surface area contributed by atoms with Crippen molar-refractivity contribution in [2.24, 2.45) is 5.73 Å². The Morgan fingerprint density at radius 1 is 1.30 bits per heavy atom. The highest BCUT2D eigenvalue weighted by molar-refractivity contribution is 9.10. The molecule has 0 aliphatic carbocycles. The van der Waals surface area contributed by atoms with E-state index in [0.717, 1.165) is 16.0 Å². The second-order valence-electron chi connectivity index (χ2n) is 4.66. The van der Waals surface area contributed by atoms with Gasteiger partial charge in [0.2, 0.25) is 0 Å². The SMILES string of the molecule is COc1ccc(OC(c2sccc2C)C(C)N)c(Br)c1. The molecule has 3 nitrogen and oxygen atoms in total. The van der Waals surface area contributed by atoms with Crippen molar-refractivity contribution in [3.63, 3.8) is 0 Å². The van der Waals surface area contributed by atoms with Crippen molar-refractivity contribution in [1.82, 2.24) is 0 Å². The zero-order chi connectivity index (χ0) is 14.7. The van der Waals surface area contributed by atoms with E-state index in [1.165, 1.54) is 10.4 Å². The number of hydrogen-bond donors (Lipinski definition) is 1. The van der Waals surface area contributed by atoms with Crippen LogP contribution in [0.1, 0.15) is 23.5 Å². The zero-order valence-electron chi connectivity index (χ0n) is 11.7. The third kappa shape index (κ3) is 3.34. The molecule has 0 fully saturated rings. The average Bonchev–Trinajstić information content (AvgIpc) is 2.83. The van der Waals surface area contributed by atoms with Gasteiger partial charge in [0.25, 0.3) is 0 Å². The first-order valence-corrected chi connectivity index (χ1v) is 8.00. The Morgan fingerprint density at radius 3 is 2.55 bits per heavy atom. The van der Waals surface area contributed by atoms with E-state index in [0.29, 0.717) is 0 Å². The molecular weight excluding hydrogens is 338 g/mol. The zero-order valence-corrected chi connectivity index (χ0v) is 14.1. The predicted molar refractivity (Wildman–Crippen MR) is 86.8 cm³/mol. The first kappa shape index (κ1) is 15.4. The molecule has 2 unspecified atom stereocenters. The van der Waals surface area contributed by atoms with Crippen molar-refractivity contribution < 1.29 is 9.47 Å². The van der Waals surface area contributed by atoms with Crippen LogP contribution >= 0.6 is 27.3 Å². The monoisotopic (exact) mass is 355 g/mol. The largest absolute Gasteiger partial charge is 0.497 e. The van der Waals surface area contributed by atoms with Gasteiger partial charge in [0, 0.05) is 10.9 Å². The van der Waals surface area contributed by atoms with Crippen molar-refractivity contribution in [3.05, 3.63) is 44.6 Å². The van der Waals surface area contributed by atoms with Gasteiger partial charge in [-0.05, 0) is 65.0 Å². The second kappa shape index (κ2) is 6.61. The summed E-state index contributed by atoms with van der Waals surface area (Å²) in [7, 11) is 1.64. The van der Waals surface area contributed by atoms with Crippen LogP contribution in [0.4, 0.5) is 0 Å². The van der Waals surface area contributed by atoms with Crippen molar-refractivity contribution in [3.8, 4) is 11.5 Å². The molecule has 0 saturated heterocycles. The van der Waals surface area contributed by atoms with Gasteiger partial charge in [-0.1, -0.05) is 0 Å². The summed E-state index contributed by atoms with van der Waals surface area (Å²) in [5, 5.41) is 2.06. The molecule has 1 heterocycles. The standard InChI is InChI=1S/C15H18BrNO2S/c1-9-6-7-20-15(9)14(10(2)17)19-13-5-4-11(18-3)8-12(13)16/h4-8,10,14H,17H2,1-3H3. The summed E-state index contributed by atoms with van der Waals surface area (Å²) < 4.78 is 12.2. The molecule has 0 radical (unpaired) electrons.